The van der Waals surface area contributed by atoms with E-state index in [2.05, 4.69) is 103 Å². The predicted octanol–water partition coefficient (Wildman–Crippen LogP) is 5.79. The molecule has 18 nitrogen and oxygen atoms in total. The lowest BCUT2D eigenvalue weighted by Gasteiger charge is -2.29. The topological polar surface area (TPSA) is 255 Å². The molecule has 6 unspecified atom stereocenters. The molecule has 434 valence electrons. The number of ether oxygens (including phenoxy) is 2. The first-order valence-corrected chi connectivity index (χ1v) is 28.7. The Bertz CT molecular complexity index is 1530. The number of carbonyl (C=O) groups excluding carboxylic acids is 6. The summed E-state index contributed by atoms with van der Waals surface area (Å²) in [5.74, 6) is -1.97. The van der Waals surface area contributed by atoms with Crippen LogP contribution in [0, 0.1) is 5.92 Å². The van der Waals surface area contributed by atoms with E-state index < -0.39 is 36.1 Å². The zero-order chi connectivity index (χ0) is 56.0. The number of amides is 6. The third kappa shape index (κ3) is 39.0. The van der Waals surface area contributed by atoms with Crippen LogP contribution in [0.5, 0.6) is 0 Å². The molecule has 0 rings (SSSR count). The third-order valence-corrected chi connectivity index (χ3v) is 12.5. The Labute approximate surface area is 449 Å². The van der Waals surface area contributed by atoms with Gasteiger partial charge in [-0.2, -0.15) is 0 Å². The van der Waals surface area contributed by atoms with E-state index in [1.807, 2.05) is 27.7 Å². The maximum atomic E-state index is 14.0. The van der Waals surface area contributed by atoms with Crippen molar-refractivity contribution >= 4 is 35.4 Å². The number of nitrogens with two attached hydrogens (primary N) is 1. The minimum Gasteiger partial charge on any atom is -0.382 e. The molecular formula is C56H112N10O8. The highest BCUT2D eigenvalue weighted by atomic mass is 16.5. The SMILES string of the molecule is CCCCCC(NC(=O)C(C)CCCCNC(C)(C)C)C(=O)NC(CCCCNC(=O)C(CCCCNC(=O)C(N)CCCCNC(C)(C)C)NC(=O)C(CCCCC)NC(C)(C)C)C(=O)NCCOCCOC. The molecule has 0 saturated carbocycles. The Kier molecular flexibility index (Phi) is 38.9. The van der Waals surface area contributed by atoms with Gasteiger partial charge in [0.15, 0.2) is 0 Å². The standard InChI is InChI=1S/C56H112N10O8/c1-14-16-18-30-46(63-48(67)42(3)28-20-26-36-61-54(4,5)6)52(71)64-45(51(70)60-38-39-74-41-40-73-13)32-23-25-35-59-50(69)44(65-53(72)47(33-19-17-15-2)66-56(10,11)12)31-22-24-34-58-49(68)43(57)29-21-27-37-62-55(7,8)9/h42-47,61-62,66H,14-41,57H2,1-13H3,(H,58,68)(H,59,69)(H,60,70)(H,63,67)(H,64,71)(H,65,72). The fraction of sp³-hybridized carbons (Fsp3) is 0.893. The summed E-state index contributed by atoms with van der Waals surface area (Å²) < 4.78 is 10.6. The molecule has 0 bridgehead atoms. The number of carbonyl (C=O) groups is 6. The molecule has 0 aliphatic rings. The van der Waals surface area contributed by atoms with Crippen LogP contribution in [0.25, 0.3) is 0 Å². The molecule has 6 atom stereocenters. The first-order valence-electron chi connectivity index (χ1n) is 28.7. The van der Waals surface area contributed by atoms with E-state index in [4.69, 9.17) is 15.2 Å². The maximum Gasteiger partial charge on any atom is 0.243 e. The summed E-state index contributed by atoms with van der Waals surface area (Å²) in [6, 6.07) is -3.58. The molecule has 0 aromatic carbocycles. The van der Waals surface area contributed by atoms with Gasteiger partial charge < -0.3 is 63.1 Å². The summed E-state index contributed by atoms with van der Waals surface area (Å²) in [6.45, 7) is 28.6. The Balaban J connectivity index is 5.90. The molecule has 18 heteroatoms. The van der Waals surface area contributed by atoms with Gasteiger partial charge in [-0.15, -0.1) is 0 Å². The lowest BCUT2D eigenvalue weighted by Crippen LogP contribution is -2.56. The van der Waals surface area contributed by atoms with E-state index in [9.17, 15) is 28.8 Å². The average Bonchev–Trinajstić information content (AvgIpc) is 3.31. The molecule has 0 fully saturated rings. The van der Waals surface area contributed by atoms with Gasteiger partial charge in [0.25, 0.3) is 0 Å². The number of rotatable bonds is 44. The lowest BCUT2D eigenvalue weighted by atomic mass is 10.0. The summed E-state index contributed by atoms with van der Waals surface area (Å²) in [5.41, 5.74) is 5.94. The molecule has 6 amide bonds. The molecule has 0 aliphatic carbocycles. The van der Waals surface area contributed by atoms with Crippen molar-refractivity contribution in [3.63, 3.8) is 0 Å². The molecule has 0 aromatic rings. The second-order valence-electron chi connectivity index (χ2n) is 23.4. The van der Waals surface area contributed by atoms with Crippen molar-refractivity contribution in [3.8, 4) is 0 Å². The first-order chi connectivity index (χ1) is 34.8. The number of unbranched alkanes of at least 4 members (excludes halogenated alkanes) is 8. The smallest absolute Gasteiger partial charge is 0.243 e. The molecule has 74 heavy (non-hydrogen) atoms. The molecule has 0 radical (unpaired) electrons. The number of hydrogen-bond donors (Lipinski definition) is 10. The Morgan fingerprint density at radius 2 is 0.811 bits per heavy atom. The molecule has 0 spiro atoms. The molecular weight excluding hydrogens is 941 g/mol. The van der Waals surface area contributed by atoms with Gasteiger partial charge in [0, 0.05) is 49.3 Å². The summed E-state index contributed by atoms with van der Waals surface area (Å²) in [4.78, 5) is 81.6. The monoisotopic (exact) mass is 1050 g/mol. The highest BCUT2D eigenvalue weighted by molar-refractivity contribution is 5.92. The van der Waals surface area contributed by atoms with Gasteiger partial charge >= 0.3 is 0 Å². The largest absolute Gasteiger partial charge is 0.382 e. The van der Waals surface area contributed by atoms with Crippen molar-refractivity contribution in [1.82, 2.24) is 47.9 Å². The minimum atomic E-state index is -0.895. The van der Waals surface area contributed by atoms with Crippen molar-refractivity contribution in [3.05, 3.63) is 0 Å². The third-order valence-electron chi connectivity index (χ3n) is 12.5. The number of nitrogens with one attached hydrogen (secondary N) is 9. The highest BCUT2D eigenvalue weighted by Gasteiger charge is 2.30. The van der Waals surface area contributed by atoms with Crippen LogP contribution in [-0.4, -0.2) is 142 Å². The van der Waals surface area contributed by atoms with E-state index in [1.165, 1.54) is 0 Å². The maximum absolute atomic E-state index is 14.0. The number of hydrogen-bond acceptors (Lipinski definition) is 12. The van der Waals surface area contributed by atoms with Gasteiger partial charge in [0.05, 0.1) is 31.9 Å². The zero-order valence-corrected chi connectivity index (χ0v) is 49.1. The van der Waals surface area contributed by atoms with Gasteiger partial charge in [-0.05, 0) is 152 Å². The second-order valence-corrected chi connectivity index (χ2v) is 23.4. The van der Waals surface area contributed by atoms with E-state index >= 15 is 0 Å². The minimum absolute atomic E-state index is 0.0281. The summed E-state index contributed by atoms with van der Waals surface area (Å²) >= 11 is 0. The molecule has 0 saturated heterocycles. The van der Waals surface area contributed by atoms with Crippen LogP contribution in [0.4, 0.5) is 0 Å². The van der Waals surface area contributed by atoms with Crippen LogP contribution in [0.3, 0.4) is 0 Å². The van der Waals surface area contributed by atoms with E-state index in [0.29, 0.717) is 77.5 Å². The Morgan fingerprint density at radius 1 is 0.419 bits per heavy atom. The van der Waals surface area contributed by atoms with Crippen LogP contribution >= 0.6 is 0 Å². The van der Waals surface area contributed by atoms with E-state index in [0.717, 1.165) is 77.3 Å². The van der Waals surface area contributed by atoms with Gasteiger partial charge in [-0.3, -0.25) is 28.8 Å². The number of methoxy groups -OCH3 is 1. The normalized spacial score (nSPS) is 14.5. The second kappa shape index (κ2) is 40.8. The van der Waals surface area contributed by atoms with Gasteiger partial charge in [0.1, 0.15) is 18.1 Å². The van der Waals surface area contributed by atoms with Gasteiger partial charge in [0.2, 0.25) is 35.4 Å². The molecule has 0 aromatic heterocycles. The average molecular weight is 1050 g/mol. The predicted molar refractivity (Wildman–Crippen MR) is 301 cm³/mol. The first kappa shape index (κ1) is 70.6. The summed E-state index contributed by atoms with van der Waals surface area (Å²) in [7, 11) is 1.59. The quantitative estimate of drug-likeness (QED) is 0.0326. The molecule has 0 heterocycles. The van der Waals surface area contributed by atoms with E-state index in [1.54, 1.807) is 7.11 Å². The van der Waals surface area contributed by atoms with Crippen LogP contribution in [0.2, 0.25) is 0 Å². The van der Waals surface area contributed by atoms with Crippen molar-refractivity contribution in [2.45, 2.75) is 258 Å². The fourth-order valence-corrected chi connectivity index (χ4v) is 8.15. The Morgan fingerprint density at radius 3 is 1.28 bits per heavy atom. The van der Waals surface area contributed by atoms with Crippen LogP contribution in [0.1, 0.15) is 212 Å². The molecule has 0 aliphatic heterocycles. The summed E-state index contributed by atoms with van der Waals surface area (Å²) in [5, 5.41) is 28.2. The van der Waals surface area contributed by atoms with E-state index in [-0.39, 0.29) is 78.2 Å². The van der Waals surface area contributed by atoms with Gasteiger partial charge in [-0.1, -0.05) is 72.1 Å². The zero-order valence-electron chi connectivity index (χ0n) is 49.1. The summed E-state index contributed by atoms with van der Waals surface area (Å²) in [6.07, 6.45) is 14.2. The van der Waals surface area contributed by atoms with Crippen LogP contribution < -0.4 is 53.6 Å². The van der Waals surface area contributed by atoms with Crippen LogP contribution in [0.15, 0.2) is 0 Å². The fourth-order valence-electron chi connectivity index (χ4n) is 8.15. The lowest BCUT2D eigenvalue weighted by molar-refractivity contribution is -0.133. The van der Waals surface area contributed by atoms with Crippen molar-refractivity contribution in [2.75, 3.05) is 59.7 Å². The van der Waals surface area contributed by atoms with Crippen molar-refractivity contribution < 1.29 is 38.2 Å². The van der Waals surface area contributed by atoms with Gasteiger partial charge in [-0.25, -0.2) is 0 Å². The van der Waals surface area contributed by atoms with Crippen molar-refractivity contribution in [2.24, 2.45) is 11.7 Å². The van der Waals surface area contributed by atoms with Crippen molar-refractivity contribution in [1.29, 1.82) is 0 Å². The highest BCUT2D eigenvalue weighted by Crippen LogP contribution is 2.14. The van der Waals surface area contributed by atoms with Crippen LogP contribution in [-0.2, 0) is 38.2 Å². The molecule has 11 N–H and O–H groups in total. The Hall–Kier alpha value is -3.42.